The molecule has 5 nitrogen and oxygen atoms in total. The van der Waals surface area contributed by atoms with E-state index < -0.39 is 5.97 Å². The molecule has 0 bridgehead atoms. The Morgan fingerprint density at radius 3 is 2.63 bits per heavy atom. The molecular weight excluding hydrogens is 242 g/mol. The molecular formula is C14H15N3O2. The highest BCUT2D eigenvalue weighted by Crippen LogP contribution is 2.22. The van der Waals surface area contributed by atoms with Crippen molar-refractivity contribution < 1.29 is 9.90 Å². The number of hydrogen-bond donors (Lipinski definition) is 1. The normalized spacial score (nSPS) is 16.2. The van der Waals surface area contributed by atoms with Gasteiger partial charge in [0.25, 0.3) is 0 Å². The van der Waals surface area contributed by atoms with E-state index in [1.165, 1.54) is 5.56 Å². The Labute approximate surface area is 111 Å². The van der Waals surface area contributed by atoms with Crippen LogP contribution in [0, 0.1) is 0 Å². The van der Waals surface area contributed by atoms with Gasteiger partial charge in [-0.2, -0.15) is 5.10 Å². The molecule has 5 heteroatoms. The first-order chi connectivity index (χ1) is 9.22. The molecule has 0 unspecified atom stereocenters. The van der Waals surface area contributed by atoms with Gasteiger partial charge in [-0.25, -0.2) is 4.79 Å². The summed E-state index contributed by atoms with van der Waals surface area (Å²) in [6, 6.07) is 12.2. The summed E-state index contributed by atoms with van der Waals surface area (Å²) in [5.41, 5.74) is 1.41. The minimum absolute atomic E-state index is 0.113. The largest absolute Gasteiger partial charge is 0.476 e. The van der Waals surface area contributed by atoms with Crippen LogP contribution in [0.5, 0.6) is 0 Å². The molecule has 0 radical (unpaired) electrons. The number of carboxylic acids is 1. The van der Waals surface area contributed by atoms with Crippen LogP contribution in [0.2, 0.25) is 0 Å². The highest BCUT2D eigenvalue weighted by molar-refractivity contribution is 5.85. The molecule has 1 aliphatic heterocycles. The first kappa shape index (κ1) is 11.9. The van der Waals surface area contributed by atoms with E-state index in [1.807, 2.05) is 18.2 Å². The van der Waals surface area contributed by atoms with Crippen molar-refractivity contribution in [1.29, 1.82) is 0 Å². The summed E-state index contributed by atoms with van der Waals surface area (Å²) in [6.45, 7) is 2.76. The van der Waals surface area contributed by atoms with Crippen molar-refractivity contribution in [3.63, 3.8) is 0 Å². The van der Waals surface area contributed by atoms with E-state index in [0.29, 0.717) is 0 Å². The van der Waals surface area contributed by atoms with E-state index in [0.717, 1.165) is 19.6 Å². The highest BCUT2D eigenvalue weighted by Gasteiger charge is 2.28. The highest BCUT2D eigenvalue weighted by atomic mass is 16.4. The van der Waals surface area contributed by atoms with Crippen molar-refractivity contribution >= 4 is 5.97 Å². The minimum Gasteiger partial charge on any atom is -0.476 e. The Morgan fingerprint density at radius 1 is 1.26 bits per heavy atom. The molecule has 1 N–H and O–H groups in total. The van der Waals surface area contributed by atoms with Gasteiger partial charge < -0.3 is 5.11 Å². The third-order valence-corrected chi connectivity index (χ3v) is 3.39. The van der Waals surface area contributed by atoms with E-state index in [-0.39, 0.29) is 11.7 Å². The van der Waals surface area contributed by atoms with E-state index in [1.54, 1.807) is 16.9 Å². The lowest BCUT2D eigenvalue weighted by atomic mass is 10.1. The van der Waals surface area contributed by atoms with Crippen LogP contribution >= 0.6 is 0 Å². The second-order valence-corrected chi connectivity index (χ2v) is 4.82. The van der Waals surface area contributed by atoms with E-state index in [4.69, 9.17) is 5.11 Å². The molecule has 3 rings (SSSR count). The Kier molecular flexibility index (Phi) is 3.05. The maximum atomic E-state index is 10.8. The van der Waals surface area contributed by atoms with Gasteiger partial charge in [-0.1, -0.05) is 30.3 Å². The molecule has 0 spiro atoms. The Morgan fingerprint density at radius 2 is 2.00 bits per heavy atom. The van der Waals surface area contributed by atoms with Crippen LogP contribution in [0.15, 0.2) is 42.6 Å². The SMILES string of the molecule is O=C(O)c1ccn(C2CN(Cc3ccccc3)C2)n1. The molecule has 98 valence electrons. The van der Waals surface area contributed by atoms with Gasteiger partial charge in [0.2, 0.25) is 0 Å². The van der Waals surface area contributed by atoms with Gasteiger partial charge in [-0.05, 0) is 11.6 Å². The smallest absolute Gasteiger partial charge is 0.356 e. The fourth-order valence-corrected chi connectivity index (χ4v) is 2.34. The van der Waals surface area contributed by atoms with E-state index >= 15 is 0 Å². The number of aromatic carboxylic acids is 1. The molecule has 2 aromatic rings. The molecule has 1 aromatic heterocycles. The average Bonchev–Trinajstić information content (AvgIpc) is 2.84. The topological polar surface area (TPSA) is 58.4 Å². The minimum atomic E-state index is -0.973. The molecule has 0 amide bonds. The molecule has 2 heterocycles. The summed E-state index contributed by atoms with van der Waals surface area (Å²) in [6.07, 6.45) is 1.74. The van der Waals surface area contributed by atoms with Gasteiger partial charge in [0.1, 0.15) is 0 Å². The van der Waals surface area contributed by atoms with Crippen molar-refractivity contribution in [1.82, 2.24) is 14.7 Å². The third kappa shape index (κ3) is 2.51. The number of rotatable bonds is 4. The lowest BCUT2D eigenvalue weighted by Gasteiger charge is -2.39. The average molecular weight is 257 g/mol. The van der Waals surface area contributed by atoms with Crippen molar-refractivity contribution in [2.75, 3.05) is 13.1 Å². The molecule has 1 saturated heterocycles. The number of aromatic nitrogens is 2. The van der Waals surface area contributed by atoms with Crippen LogP contribution in [-0.2, 0) is 6.54 Å². The number of carboxylic acid groups (broad SMARTS) is 1. The van der Waals surface area contributed by atoms with Crippen molar-refractivity contribution in [3.8, 4) is 0 Å². The van der Waals surface area contributed by atoms with Crippen LogP contribution < -0.4 is 0 Å². The number of nitrogens with zero attached hydrogens (tertiary/aromatic N) is 3. The predicted molar refractivity (Wildman–Crippen MR) is 69.9 cm³/mol. The number of carbonyl (C=O) groups is 1. The molecule has 19 heavy (non-hydrogen) atoms. The van der Waals surface area contributed by atoms with Gasteiger partial charge in [0.15, 0.2) is 5.69 Å². The van der Waals surface area contributed by atoms with Crippen LogP contribution in [0.1, 0.15) is 22.1 Å². The molecule has 0 atom stereocenters. The summed E-state index contributed by atoms with van der Waals surface area (Å²) in [4.78, 5) is 13.1. The predicted octanol–water partition coefficient (Wildman–Crippen LogP) is 1.64. The molecule has 0 saturated carbocycles. The summed E-state index contributed by atoms with van der Waals surface area (Å²) in [5, 5.41) is 12.9. The number of likely N-dealkylation sites (tertiary alicyclic amines) is 1. The Balaban J connectivity index is 1.56. The lowest BCUT2D eigenvalue weighted by molar-refractivity contribution is 0.0681. The van der Waals surface area contributed by atoms with E-state index in [2.05, 4.69) is 22.1 Å². The van der Waals surface area contributed by atoms with Crippen molar-refractivity contribution in [2.45, 2.75) is 12.6 Å². The molecule has 0 aliphatic carbocycles. The maximum Gasteiger partial charge on any atom is 0.356 e. The quantitative estimate of drug-likeness (QED) is 0.904. The van der Waals surface area contributed by atoms with E-state index in [9.17, 15) is 4.79 Å². The lowest BCUT2D eigenvalue weighted by Crippen LogP contribution is -2.47. The van der Waals surface area contributed by atoms with Crippen LogP contribution in [0.3, 0.4) is 0 Å². The van der Waals surface area contributed by atoms with Gasteiger partial charge in [0, 0.05) is 25.8 Å². The van der Waals surface area contributed by atoms with Crippen LogP contribution in [0.4, 0.5) is 0 Å². The third-order valence-electron chi connectivity index (χ3n) is 3.39. The standard InChI is InChI=1S/C14H15N3O2/c18-14(19)13-6-7-17(15-13)12-9-16(10-12)8-11-4-2-1-3-5-11/h1-7,12H,8-10H2,(H,18,19). The van der Waals surface area contributed by atoms with Crippen LogP contribution in [-0.4, -0.2) is 38.8 Å². The van der Waals surface area contributed by atoms with Crippen molar-refractivity contribution in [3.05, 3.63) is 53.9 Å². The number of hydrogen-bond acceptors (Lipinski definition) is 3. The zero-order valence-corrected chi connectivity index (χ0v) is 10.4. The zero-order chi connectivity index (χ0) is 13.2. The Bertz CT molecular complexity index is 573. The molecule has 1 aliphatic rings. The second kappa shape index (κ2) is 4.85. The van der Waals surface area contributed by atoms with Crippen molar-refractivity contribution in [2.24, 2.45) is 0 Å². The first-order valence-electron chi connectivity index (χ1n) is 6.27. The van der Waals surface area contributed by atoms with Gasteiger partial charge in [-0.3, -0.25) is 9.58 Å². The Hall–Kier alpha value is -2.14. The summed E-state index contributed by atoms with van der Waals surface area (Å²) >= 11 is 0. The zero-order valence-electron chi connectivity index (χ0n) is 10.4. The van der Waals surface area contributed by atoms with Gasteiger partial charge in [0.05, 0.1) is 6.04 Å². The number of benzene rings is 1. The fraction of sp³-hybridized carbons (Fsp3) is 0.286. The monoisotopic (exact) mass is 257 g/mol. The fourth-order valence-electron chi connectivity index (χ4n) is 2.34. The summed E-state index contributed by atoms with van der Waals surface area (Å²) in [7, 11) is 0. The molecule has 1 aromatic carbocycles. The first-order valence-corrected chi connectivity index (χ1v) is 6.27. The summed E-state index contributed by atoms with van der Waals surface area (Å²) < 4.78 is 1.75. The maximum absolute atomic E-state index is 10.8. The summed E-state index contributed by atoms with van der Waals surface area (Å²) in [5.74, 6) is -0.973. The van der Waals surface area contributed by atoms with Gasteiger partial charge in [-0.15, -0.1) is 0 Å². The van der Waals surface area contributed by atoms with Crippen LogP contribution in [0.25, 0.3) is 0 Å². The van der Waals surface area contributed by atoms with Gasteiger partial charge >= 0.3 is 5.97 Å². The molecule has 1 fully saturated rings. The second-order valence-electron chi connectivity index (χ2n) is 4.82.